The lowest BCUT2D eigenvalue weighted by atomic mass is 10.2. The van der Waals surface area contributed by atoms with Crippen molar-refractivity contribution in [2.24, 2.45) is 0 Å². The fraction of sp³-hybridized carbons (Fsp3) is 0.571. The van der Waals surface area contributed by atoms with E-state index in [1.54, 1.807) is 12.1 Å². The Balaban J connectivity index is 1.70. The summed E-state index contributed by atoms with van der Waals surface area (Å²) in [6, 6.07) is 6.49. The number of benzene rings is 1. The summed E-state index contributed by atoms with van der Waals surface area (Å²) < 4.78 is 18.4. The molecule has 100 valence electrons. The molecular formula is C14H21FN2O. The third-order valence-corrected chi connectivity index (χ3v) is 3.28. The van der Waals surface area contributed by atoms with Crippen LogP contribution in [0.5, 0.6) is 0 Å². The van der Waals surface area contributed by atoms with Gasteiger partial charge in [0.1, 0.15) is 5.82 Å². The van der Waals surface area contributed by atoms with Crippen molar-refractivity contribution < 1.29 is 9.13 Å². The molecule has 0 saturated carbocycles. The van der Waals surface area contributed by atoms with Gasteiger partial charge < -0.3 is 10.1 Å². The van der Waals surface area contributed by atoms with E-state index in [0.717, 1.165) is 44.9 Å². The van der Waals surface area contributed by atoms with Crippen molar-refractivity contribution in [1.29, 1.82) is 0 Å². The van der Waals surface area contributed by atoms with E-state index < -0.39 is 0 Å². The standard InChI is InChI=1S/C14H21FN2O/c1-2-14-11-17(9-10-18-14)8-7-16-13-5-3-12(15)4-6-13/h3-6,14,16H,2,7-11H2,1H3. The number of hydrogen-bond donors (Lipinski definition) is 1. The number of nitrogens with zero attached hydrogens (tertiary/aromatic N) is 1. The molecule has 2 rings (SSSR count). The number of anilines is 1. The van der Waals surface area contributed by atoms with Crippen LogP contribution < -0.4 is 5.32 Å². The van der Waals surface area contributed by atoms with Crippen LogP contribution in [-0.2, 0) is 4.74 Å². The van der Waals surface area contributed by atoms with Crippen molar-refractivity contribution in [3.05, 3.63) is 30.1 Å². The van der Waals surface area contributed by atoms with Crippen LogP contribution in [0.1, 0.15) is 13.3 Å². The van der Waals surface area contributed by atoms with Crippen molar-refractivity contribution >= 4 is 5.69 Å². The van der Waals surface area contributed by atoms with Crippen LogP contribution in [0.3, 0.4) is 0 Å². The topological polar surface area (TPSA) is 24.5 Å². The number of rotatable bonds is 5. The van der Waals surface area contributed by atoms with Gasteiger partial charge in [0.15, 0.2) is 0 Å². The van der Waals surface area contributed by atoms with E-state index in [4.69, 9.17) is 4.74 Å². The molecule has 1 atom stereocenters. The molecule has 0 radical (unpaired) electrons. The van der Waals surface area contributed by atoms with E-state index in [2.05, 4.69) is 17.1 Å². The Labute approximate surface area is 108 Å². The average Bonchev–Trinajstić information content (AvgIpc) is 2.41. The molecule has 4 heteroatoms. The summed E-state index contributed by atoms with van der Waals surface area (Å²) in [5.41, 5.74) is 0.969. The second-order valence-corrected chi connectivity index (χ2v) is 4.64. The lowest BCUT2D eigenvalue weighted by Crippen LogP contribution is -2.43. The quantitative estimate of drug-likeness (QED) is 0.870. The molecule has 3 nitrogen and oxygen atoms in total. The van der Waals surface area contributed by atoms with Crippen LogP contribution in [0.2, 0.25) is 0 Å². The molecule has 0 spiro atoms. The van der Waals surface area contributed by atoms with Gasteiger partial charge in [-0.25, -0.2) is 4.39 Å². The van der Waals surface area contributed by atoms with Gasteiger partial charge in [-0.05, 0) is 30.7 Å². The highest BCUT2D eigenvalue weighted by molar-refractivity contribution is 5.42. The van der Waals surface area contributed by atoms with Gasteiger partial charge in [-0.3, -0.25) is 4.90 Å². The minimum Gasteiger partial charge on any atom is -0.384 e. The Bertz CT molecular complexity index is 355. The number of ether oxygens (including phenoxy) is 1. The minimum absolute atomic E-state index is 0.195. The zero-order valence-electron chi connectivity index (χ0n) is 10.9. The third kappa shape index (κ3) is 3.96. The Hall–Kier alpha value is -1.13. The van der Waals surface area contributed by atoms with E-state index in [9.17, 15) is 4.39 Å². The molecule has 1 aliphatic heterocycles. The number of nitrogens with one attached hydrogen (secondary N) is 1. The molecule has 1 saturated heterocycles. The summed E-state index contributed by atoms with van der Waals surface area (Å²) in [4.78, 5) is 2.41. The van der Waals surface area contributed by atoms with Gasteiger partial charge in [-0.1, -0.05) is 6.92 Å². The predicted octanol–water partition coefficient (Wildman–Crippen LogP) is 2.35. The first kappa shape index (κ1) is 13.3. The summed E-state index contributed by atoms with van der Waals surface area (Å²) in [6.45, 7) is 6.88. The van der Waals surface area contributed by atoms with Gasteiger partial charge in [-0.15, -0.1) is 0 Å². The van der Waals surface area contributed by atoms with Crippen molar-refractivity contribution in [2.75, 3.05) is 38.1 Å². The fourth-order valence-corrected chi connectivity index (χ4v) is 2.16. The predicted molar refractivity (Wildman–Crippen MR) is 71.4 cm³/mol. The highest BCUT2D eigenvalue weighted by Gasteiger charge is 2.17. The first-order valence-electron chi connectivity index (χ1n) is 6.61. The molecule has 1 aromatic carbocycles. The summed E-state index contributed by atoms with van der Waals surface area (Å²) in [5, 5.41) is 3.30. The molecule has 1 aromatic rings. The van der Waals surface area contributed by atoms with Gasteiger partial charge in [0, 0.05) is 31.9 Å². The van der Waals surface area contributed by atoms with Crippen molar-refractivity contribution in [3.8, 4) is 0 Å². The van der Waals surface area contributed by atoms with Gasteiger partial charge in [-0.2, -0.15) is 0 Å². The fourth-order valence-electron chi connectivity index (χ4n) is 2.16. The van der Waals surface area contributed by atoms with Crippen LogP contribution in [0.25, 0.3) is 0 Å². The second-order valence-electron chi connectivity index (χ2n) is 4.64. The van der Waals surface area contributed by atoms with E-state index in [1.165, 1.54) is 12.1 Å². The van der Waals surface area contributed by atoms with Crippen molar-refractivity contribution in [1.82, 2.24) is 4.90 Å². The largest absolute Gasteiger partial charge is 0.384 e. The van der Waals surface area contributed by atoms with Gasteiger partial charge in [0.05, 0.1) is 12.7 Å². The monoisotopic (exact) mass is 252 g/mol. The third-order valence-electron chi connectivity index (χ3n) is 3.28. The number of halogens is 1. The lowest BCUT2D eigenvalue weighted by molar-refractivity contribution is -0.0282. The van der Waals surface area contributed by atoms with Crippen molar-refractivity contribution in [3.63, 3.8) is 0 Å². The highest BCUT2D eigenvalue weighted by atomic mass is 19.1. The molecule has 0 aliphatic carbocycles. The van der Waals surface area contributed by atoms with E-state index in [-0.39, 0.29) is 5.82 Å². The maximum Gasteiger partial charge on any atom is 0.123 e. The molecule has 1 fully saturated rings. The maximum absolute atomic E-state index is 12.7. The Kier molecular flexibility index (Phi) is 4.96. The number of hydrogen-bond acceptors (Lipinski definition) is 3. The molecule has 1 heterocycles. The summed E-state index contributed by atoms with van der Waals surface area (Å²) in [7, 11) is 0. The molecule has 1 unspecified atom stereocenters. The van der Waals surface area contributed by atoms with E-state index in [0.29, 0.717) is 6.10 Å². The van der Waals surface area contributed by atoms with Crippen LogP contribution >= 0.6 is 0 Å². The summed E-state index contributed by atoms with van der Waals surface area (Å²) in [5.74, 6) is -0.195. The van der Waals surface area contributed by atoms with E-state index in [1.807, 2.05) is 0 Å². The normalized spacial score (nSPS) is 20.9. The molecule has 0 aromatic heterocycles. The maximum atomic E-state index is 12.7. The Morgan fingerprint density at radius 1 is 1.39 bits per heavy atom. The molecule has 0 amide bonds. The molecule has 1 N–H and O–H groups in total. The molecule has 1 aliphatic rings. The first-order chi connectivity index (χ1) is 8.78. The lowest BCUT2D eigenvalue weighted by Gasteiger charge is -2.32. The average molecular weight is 252 g/mol. The zero-order chi connectivity index (χ0) is 12.8. The Morgan fingerprint density at radius 2 is 2.17 bits per heavy atom. The summed E-state index contributed by atoms with van der Waals surface area (Å²) >= 11 is 0. The highest BCUT2D eigenvalue weighted by Crippen LogP contribution is 2.09. The van der Waals surface area contributed by atoms with Crippen LogP contribution in [0, 0.1) is 5.82 Å². The van der Waals surface area contributed by atoms with E-state index >= 15 is 0 Å². The van der Waals surface area contributed by atoms with Gasteiger partial charge in [0.2, 0.25) is 0 Å². The van der Waals surface area contributed by atoms with Gasteiger partial charge >= 0.3 is 0 Å². The van der Waals surface area contributed by atoms with Crippen LogP contribution in [0.4, 0.5) is 10.1 Å². The Morgan fingerprint density at radius 3 is 2.89 bits per heavy atom. The SMILES string of the molecule is CCC1CN(CCNc2ccc(F)cc2)CCO1. The molecule has 0 bridgehead atoms. The van der Waals surface area contributed by atoms with Gasteiger partial charge in [0.25, 0.3) is 0 Å². The summed E-state index contributed by atoms with van der Waals surface area (Å²) in [6.07, 6.45) is 1.45. The van der Waals surface area contributed by atoms with Crippen molar-refractivity contribution in [2.45, 2.75) is 19.4 Å². The van der Waals surface area contributed by atoms with Crippen LogP contribution in [0.15, 0.2) is 24.3 Å². The van der Waals surface area contributed by atoms with Crippen LogP contribution in [-0.4, -0.2) is 43.8 Å². The smallest absolute Gasteiger partial charge is 0.123 e. The molecule has 18 heavy (non-hydrogen) atoms. The zero-order valence-corrected chi connectivity index (χ0v) is 10.9. The minimum atomic E-state index is -0.195. The second kappa shape index (κ2) is 6.71. The number of morpholine rings is 1. The molecular weight excluding hydrogens is 231 g/mol. The first-order valence-corrected chi connectivity index (χ1v) is 6.61.